The number of nitrogens with zero attached hydrogens (tertiary/aromatic N) is 5. The van der Waals surface area contributed by atoms with Crippen molar-refractivity contribution in [1.29, 1.82) is 0 Å². The minimum Gasteiger partial charge on any atom is -0.302 e. The first-order valence-corrected chi connectivity index (χ1v) is 11.3. The molecule has 3 rings (SSSR count). The van der Waals surface area contributed by atoms with Gasteiger partial charge in [0.1, 0.15) is 0 Å². The highest BCUT2D eigenvalue weighted by Gasteiger charge is 2.26. The van der Waals surface area contributed by atoms with E-state index in [2.05, 4.69) is 4.90 Å². The maximum atomic E-state index is 13.5. The number of benzene rings is 2. The van der Waals surface area contributed by atoms with Gasteiger partial charge in [-0.1, -0.05) is 31.3 Å². The molecule has 1 heterocycles. The number of thiazole rings is 1. The van der Waals surface area contributed by atoms with Gasteiger partial charge in [-0.05, 0) is 44.1 Å². The maximum absolute atomic E-state index is 13.5. The van der Waals surface area contributed by atoms with E-state index in [1.54, 1.807) is 0 Å². The highest BCUT2D eigenvalue weighted by Crippen LogP contribution is 2.33. The van der Waals surface area contributed by atoms with Crippen molar-refractivity contribution in [2.45, 2.75) is 27.7 Å². The van der Waals surface area contributed by atoms with Crippen molar-refractivity contribution in [3.8, 4) is 0 Å². The van der Waals surface area contributed by atoms with E-state index in [9.17, 15) is 25.0 Å². The van der Waals surface area contributed by atoms with Gasteiger partial charge in [0.05, 0.1) is 31.7 Å². The number of fused-ring (bicyclic) bond motifs is 1. The highest BCUT2D eigenvalue weighted by molar-refractivity contribution is 7.22. The molecule has 3 aromatic rings. The third-order valence-electron chi connectivity index (χ3n) is 5.65. The predicted molar refractivity (Wildman–Crippen MR) is 136 cm³/mol. The van der Waals surface area contributed by atoms with Gasteiger partial charge >= 0.3 is 0 Å². The summed E-state index contributed by atoms with van der Waals surface area (Å²) in [6.45, 7) is 10.4. The summed E-state index contributed by atoms with van der Waals surface area (Å²) >= 11 is 1.35. The van der Waals surface area contributed by atoms with Crippen LogP contribution in [-0.4, -0.2) is 51.8 Å². The quantitative estimate of drug-likeness (QED) is 0.290. The van der Waals surface area contributed by atoms with E-state index in [-0.39, 0.29) is 24.5 Å². The van der Waals surface area contributed by atoms with Crippen molar-refractivity contribution < 1.29 is 14.6 Å². The number of hydrogen-bond donors (Lipinski definition) is 0. The van der Waals surface area contributed by atoms with Crippen LogP contribution in [0.1, 0.15) is 35.3 Å². The number of halogens is 1. The Labute approximate surface area is 206 Å². The third-order valence-corrected chi connectivity index (χ3v) is 6.70. The molecule has 0 aliphatic rings. The number of carbonyl (C=O) groups excluding carboxylic acids is 1. The normalized spacial score (nSPS) is 10.9. The lowest BCUT2D eigenvalue weighted by Crippen LogP contribution is -2.39. The SMILES string of the molecule is CCN(CC)CCN(C(=O)c1cc([N+](=O)[O-])cc([N+](=O)[O-])c1)c1nc2c(C)c(C)ccc2s1.Cl. The fourth-order valence-electron chi connectivity index (χ4n) is 3.48. The second-order valence-electron chi connectivity index (χ2n) is 7.59. The van der Waals surface area contributed by atoms with Gasteiger partial charge < -0.3 is 4.90 Å². The van der Waals surface area contributed by atoms with Gasteiger partial charge in [-0.3, -0.25) is 29.9 Å². The first-order valence-electron chi connectivity index (χ1n) is 10.5. The summed E-state index contributed by atoms with van der Waals surface area (Å²) in [6, 6.07) is 6.93. The van der Waals surface area contributed by atoms with Crippen molar-refractivity contribution in [3.63, 3.8) is 0 Å². The van der Waals surface area contributed by atoms with Crippen LogP contribution in [0.15, 0.2) is 30.3 Å². The lowest BCUT2D eigenvalue weighted by Gasteiger charge is -2.24. The fourth-order valence-corrected chi connectivity index (χ4v) is 4.53. The summed E-state index contributed by atoms with van der Waals surface area (Å²) in [4.78, 5) is 43.0. The number of nitro groups is 2. The summed E-state index contributed by atoms with van der Waals surface area (Å²) < 4.78 is 0.916. The first kappa shape index (κ1) is 27.1. The maximum Gasteiger partial charge on any atom is 0.277 e. The van der Waals surface area contributed by atoms with E-state index in [4.69, 9.17) is 4.98 Å². The van der Waals surface area contributed by atoms with E-state index in [0.29, 0.717) is 11.7 Å². The van der Waals surface area contributed by atoms with Crippen molar-refractivity contribution in [1.82, 2.24) is 9.88 Å². The molecule has 0 atom stereocenters. The molecule has 0 N–H and O–H groups in total. The average Bonchev–Trinajstić information content (AvgIpc) is 3.23. The first-order chi connectivity index (χ1) is 15.7. The fraction of sp³-hybridized carbons (Fsp3) is 0.364. The van der Waals surface area contributed by atoms with Gasteiger partial charge in [-0.15, -0.1) is 12.4 Å². The molecule has 0 unspecified atom stereocenters. The third kappa shape index (κ3) is 5.66. The topological polar surface area (TPSA) is 123 Å². The number of anilines is 1. The van der Waals surface area contributed by atoms with Crippen molar-refractivity contribution in [2.24, 2.45) is 0 Å². The number of carbonyl (C=O) groups is 1. The van der Waals surface area contributed by atoms with Crippen molar-refractivity contribution in [2.75, 3.05) is 31.1 Å². The Morgan fingerprint density at radius 3 is 2.12 bits per heavy atom. The summed E-state index contributed by atoms with van der Waals surface area (Å²) in [5.41, 5.74) is 1.74. The molecule has 34 heavy (non-hydrogen) atoms. The Morgan fingerprint density at radius 1 is 1.00 bits per heavy atom. The standard InChI is InChI=1S/C22H25N5O5S.ClH/c1-5-24(6-2)9-10-25(22-23-20-15(4)14(3)7-8-19(20)33-22)21(28)16-11-17(26(29)30)13-18(12-16)27(31)32;/h7-8,11-13H,5-6,9-10H2,1-4H3;1H. The van der Waals surface area contributed by atoms with E-state index < -0.39 is 27.1 Å². The van der Waals surface area contributed by atoms with Crippen LogP contribution >= 0.6 is 23.7 Å². The molecule has 0 saturated carbocycles. The molecule has 0 saturated heterocycles. The Balaban J connectivity index is 0.00000408. The molecule has 2 aromatic carbocycles. The average molecular weight is 508 g/mol. The lowest BCUT2D eigenvalue weighted by molar-refractivity contribution is -0.394. The van der Waals surface area contributed by atoms with Gasteiger partial charge in [0.25, 0.3) is 17.3 Å². The van der Waals surface area contributed by atoms with Crippen LogP contribution in [0.25, 0.3) is 10.2 Å². The molecule has 0 spiro atoms. The minimum atomic E-state index is -0.742. The molecular formula is C22H26ClN5O5S. The number of rotatable bonds is 9. The number of aryl methyl sites for hydroxylation is 2. The Bertz CT molecular complexity index is 1200. The zero-order valence-corrected chi connectivity index (χ0v) is 20.9. The molecular weight excluding hydrogens is 482 g/mol. The van der Waals surface area contributed by atoms with Gasteiger partial charge in [-0.2, -0.15) is 0 Å². The van der Waals surface area contributed by atoms with Gasteiger partial charge in [0, 0.05) is 25.2 Å². The lowest BCUT2D eigenvalue weighted by atomic mass is 10.1. The number of aromatic nitrogens is 1. The van der Waals surface area contributed by atoms with Gasteiger partial charge in [-0.25, -0.2) is 4.98 Å². The molecule has 0 aliphatic heterocycles. The Morgan fingerprint density at radius 2 is 1.59 bits per heavy atom. The number of likely N-dealkylation sites (N-methyl/N-ethyl adjacent to an activating group) is 1. The smallest absolute Gasteiger partial charge is 0.277 e. The molecule has 0 bridgehead atoms. The van der Waals surface area contributed by atoms with Crippen molar-refractivity contribution >= 4 is 56.4 Å². The second-order valence-corrected chi connectivity index (χ2v) is 8.60. The molecule has 10 nitrogen and oxygen atoms in total. The highest BCUT2D eigenvalue weighted by atomic mass is 35.5. The van der Waals surface area contributed by atoms with Crippen LogP contribution < -0.4 is 4.90 Å². The second kappa shape index (κ2) is 11.3. The van der Waals surface area contributed by atoms with Crippen LogP contribution in [0.5, 0.6) is 0 Å². The Kier molecular flexibility index (Phi) is 9.02. The minimum absolute atomic E-state index is 0. The molecule has 12 heteroatoms. The molecule has 0 aliphatic carbocycles. The number of hydrogen-bond acceptors (Lipinski definition) is 8. The van der Waals surface area contributed by atoms with E-state index in [0.717, 1.165) is 52.6 Å². The van der Waals surface area contributed by atoms with Crippen LogP contribution in [0.2, 0.25) is 0 Å². The van der Waals surface area contributed by atoms with Crippen LogP contribution in [0, 0.1) is 34.1 Å². The van der Waals surface area contributed by atoms with E-state index in [1.165, 1.54) is 16.2 Å². The zero-order valence-electron chi connectivity index (χ0n) is 19.3. The summed E-state index contributed by atoms with van der Waals surface area (Å²) in [5.74, 6) is -0.567. The summed E-state index contributed by atoms with van der Waals surface area (Å²) in [7, 11) is 0. The predicted octanol–water partition coefficient (Wildman–Crippen LogP) is 5.14. The molecule has 0 radical (unpaired) electrons. The van der Waals surface area contributed by atoms with Gasteiger partial charge in [0.15, 0.2) is 5.13 Å². The van der Waals surface area contributed by atoms with Crippen molar-refractivity contribution in [3.05, 3.63) is 67.3 Å². The van der Waals surface area contributed by atoms with Gasteiger partial charge in [0.2, 0.25) is 0 Å². The number of amides is 1. The molecule has 1 amide bonds. The van der Waals surface area contributed by atoms with E-state index >= 15 is 0 Å². The summed E-state index contributed by atoms with van der Waals surface area (Å²) in [5, 5.41) is 23.1. The zero-order chi connectivity index (χ0) is 24.3. The van der Waals surface area contributed by atoms with Crippen LogP contribution in [-0.2, 0) is 0 Å². The Hall–Kier alpha value is -3.15. The number of nitro benzene ring substituents is 2. The van der Waals surface area contributed by atoms with Crippen LogP contribution in [0.3, 0.4) is 0 Å². The monoisotopic (exact) mass is 507 g/mol. The van der Waals surface area contributed by atoms with Crippen LogP contribution in [0.4, 0.5) is 16.5 Å². The molecule has 182 valence electrons. The largest absolute Gasteiger partial charge is 0.302 e. The molecule has 0 fully saturated rings. The summed E-state index contributed by atoms with van der Waals surface area (Å²) in [6.07, 6.45) is 0. The van der Waals surface area contributed by atoms with E-state index in [1.807, 2.05) is 39.8 Å². The number of non-ortho nitro benzene ring substituents is 2. The molecule has 1 aromatic heterocycles.